The lowest BCUT2D eigenvalue weighted by atomic mass is 10.1. The summed E-state index contributed by atoms with van der Waals surface area (Å²) in [6.07, 6.45) is -5.22. The highest BCUT2D eigenvalue weighted by molar-refractivity contribution is 6.35. The number of benzene rings is 2. The molecule has 0 saturated carbocycles. The van der Waals surface area contributed by atoms with Crippen molar-refractivity contribution in [3.8, 4) is 28.8 Å². The third kappa shape index (κ3) is 5.41. The number of carbonyl (C=O) groups is 1. The molecule has 0 unspecified atom stereocenters. The zero-order chi connectivity index (χ0) is 23.6. The maximum absolute atomic E-state index is 12.9. The minimum atomic E-state index is -4.47. The van der Waals surface area contributed by atoms with E-state index in [1.165, 1.54) is 43.3 Å². The maximum Gasteiger partial charge on any atom is 0.416 e. The highest BCUT2D eigenvalue weighted by Gasteiger charge is 2.30. The minimum Gasteiger partial charge on any atom is -0.448 e. The van der Waals surface area contributed by atoms with Gasteiger partial charge in [0.05, 0.1) is 16.3 Å². The second kappa shape index (κ2) is 9.22. The lowest BCUT2D eigenvalue weighted by Gasteiger charge is -2.16. The molecule has 6 nitrogen and oxygen atoms in total. The van der Waals surface area contributed by atoms with Crippen LogP contribution in [0.1, 0.15) is 11.3 Å². The molecule has 0 aliphatic carbocycles. The topological polar surface area (TPSA) is 64.6 Å². The number of carbonyl (C=O) groups excluding carboxylic acids is 1. The van der Waals surface area contributed by atoms with Crippen molar-refractivity contribution >= 4 is 29.3 Å². The fourth-order valence-electron chi connectivity index (χ4n) is 2.50. The molecule has 0 N–H and O–H groups in total. The monoisotopic (exact) mass is 485 g/mol. The fourth-order valence-corrected chi connectivity index (χ4v) is 2.95. The van der Waals surface area contributed by atoms with Gasteiger partial charge in [0.2, 0.25) is 5.75 Å². The van der Waals surface area contributed by atoms with Gasteiger partial charge in [-0.25, -0.2) is 9.78 Å². The molecule has 2 aromatic carbocycles. The van der Waals surface area contributed by atoms with E-state index in [0.29, 0.717) is 10.6 Å². The second-order valence-corrected chi connectivity index (χ2v) is 7.62. The van der Waals surface area contributed by atoms with E-state index in [1.54, 1.807) is 13.0 Å². The first-order chi connectivity index (χ1) is 15.0. The van der Waals surface area contributed by atoms with Gasteiger partial charge in [0.25, 0.3) is 5.88 Å². The number of ether oxygens (including phenoxy) is 2. The van der Waals surface area contributed by atoms with Crippen LogP contribution in [0.4, 0.5) is 18.0 Å². The van der Waals surface area contributed by atoms with Crippen LogP contribution in [0.2, 0.25) is 10.0 Å². The molecule has 3 aromatic rings. The van der Waals surface area contributed by atoms with Gasteiger partial charge in [0.1, 0.15) is 5.75 Å². The molecule has 1 aromatic heterocycles. The SMILES string of the molecule is Cc1nc(-c2ccc(C(F)(F)F)cc2)nc(OC(=O)N(C)C)c1Oc1ccc(Cl)cc1Cl. The predicted molar refractivity (Wildman–Crippen MR) is 113 cm³/mol. The number of nitrogens with zero attached hydrogens (tertiary/aromatic N) is 3. The number of alkyl halides is 3. The van der Waals surface area contributed by atoms with E-state index in [4.69, 9.17) is 32.7 Å². The largest absolute Gasteiger partial charge is 0.448 e. The zero-order valence-corrected chi connectivity index (χ0v) is 18.5. The van der Waals surface area contributed by atoms with Crippen molar-refractivity contribution < 1.29 is 27.4 Å². The van der Waals surface area contributed by atoms with Crippen LogP contribution in [0.15, 0.2) is 42.5 Å². The summed E-state index contributed by atoms with van der Waals surface area (Å²) in [6, 6.07) is 8.83. The Balaban J connectivity index is 2.06. The Bertz CT molecular complexity index is 1150. The molecule has 0 radical (unpaired) electrons. The maximum atomic E-state index is 12.9. The summed E-state index contributed by atoms with van der Waals surface area (Å²) in [6.45, 7) is 1.57. The molecule has 168 valence electrons. The Morgan fingerprint density at radius 1 is 1.03 bits per heavy atom. The molecule has 11 heteroatoms. The van der Waals surface area contributed by atoms with E-state index in [2.05, 4.69) is 9.97 Å². The normalized spacial score (nSPS) is 11.2. The fraction of sp³-hybridized carbons (Fsp3) is 0.190. The van der Waals surface area contributed by atoms with Crippen molar-refractivity contribution in [2.45, 2.75) is 13.1 Å². The summed E-state index contributed by atoms with van der Waals surface area (Å²) >= 11 is 12.1. The Morgan fingerprint density at radius 3 is 2.25 bits per heavy atom. The molecule has 0 fully saturated rings. The third-order valence-corrected chi connectivity index (χ3v) is 4.66. The lowest BCUT2D eigenvalue weighted by molar-refractivity contribution is -0.137. The molecule has 0 spiro atoms. The summed E-state index contributed by atoms with van der Waals surface area (Å²) in [5.74, 6) is 0.0525. The minimum absolute atomic E-state index is 0.0140. The molecule has 0 atom stereocenters. The lowest BCUT2D eigenvalue weighted by Crippen LogP contribution is -2.26. The van der Waals surface area contributed by atoms with Gasteiger partial charge < -0.3 is 14.4 Å². The average Bonchev–Trinajstić information content (AvgIpc) is 2.71. The molecule has 0 bridgehead atoms. The highest BCUT2D eigenvalue weighted by Crippen LogP contribution is 2.38. The summed E-state index contributed by atoms with van der Waals surface area (Å²) in [4.78, 5) is 21.8. The first kappa shape index (κ1) is 23.6. The van der Waals surface area contributed by atoms with E-state index < -0.39 is 17.8 Å². The standard InChI is InChI=1S/C21H16Cl2F3N3O3/c1-11-17(31-16-9-8-14(22)10-15(16)23)19(32-20(30)29(2)3)28-18(27-11)12-4-6-13(7-5-12)21(24,25)26/h4-10H,1-3H3. The zero-order valence-electron chi connectivity index (χ0n) is 17.0. The number of aromatic nitrogens is 2. The number of rotatable bonds is 4. The molecule has 32 heavy (non-hydrogen) atoms. The van der Waals surface area contributed by atoms with E-state index in [-0.39, 0.29) is 33.9 Å². The van der Waals surface area contributed by atoms with Gasteiger partial charge in [-0.15, -0.1) is 0 Å². The van der Waals surface area contributed by atoms with E-state index >= 15 is 0 Å². The smallest absolute Gasteiger partial charge is 0.416 e. The van der Waals surface area contributed by atoms with Crippen LogP contribution in [-0.4, -0.2) is 35.1 Å². The van der Waals surface area contributed by atoms with Gasteiger partial charge in [0.15, 0.2) is 5.82 Å². The van der Waals surface area contributed by atoms with Crippen LogP contribution in [0, 0.1) is 6.92 Å². The number of hydrogen-bond acceptors (Lipinski definition) is 5. The third-order valence-electron chi connectivity index (χ3n) is 4.13. The van der Waals surface area contributed by atoms with Crippen LogP contribution in [0.25, 0.3) is 11.4 Å². The van der Waals surface area contributed by atoms with Crippen LogP contribution < -0.4 is 9.47 Å². The molecular weight excluding hydrogens is 470 g/mol. The average molecular weight is 486 g/mol. The van der Waals surface area contributed by atoms with Gasteiger partial charge in [-0.05, 0) is 37.3 Å². The summed E-state index contributed by atoms with van der Waals surface area (Å²) < 4.78 is 49.7. The van der Waals surface area contributed by atoms with Crippen molar-refractivity contribution in [3.63, 3.8) is 0 Å². The summed E-state index contributed by atoms with van der Waals surface area (Å²) in [5.41, 5.74) is -0.253. The van der Waals surface area contributed by atoms with Gasteiger partial charge in [0, 0.05) is 24.7 Å². The van der Waals surface area contributed by atoms with Crippen LogP contribution in [0.5, 0.6) is 17.4 Å². The summed E-state index contributed by atoms with van der Waals surface area (Å²) in [7, 11) is 2.95. The van der Waals surface area contributed by atoms with E-state index in [0.717, 1.165) is 12.1 Å². The first-order valence-corrected chi connectivity index (χ1v) is 9.79. The Labute approximate surface area is 191 Å². The van der Waals surface area contributed by atoms with Crippen molar-refractivity contribution in [2.24, 2.45) is 0 Å². The molecule has 1 heterocycles. The van der Waals surface area contributed by atoms with Gasteiger partial charge in [-0.1, -0.05) is 35.3 Å². The number of amides is 1. The number of aryl methyl sites for hydroxylation is 1. The Morgan fingerprint density at radius 2 is 1.69 bits per heavy atom. The molecule has 0 aliphatic heterocycles. The molecule has 3 rings (SSSR count). The van der Waals surface area contributed by atoms with Crippen LogP contribution in [-0.2, 0) is 6.18 Å². The summed E-state index contributed by atoms with van der Waals surface area (Å²) in [5, 5.41) is 0.598. The highest BCUT2D eigenvalue weighted by atomic mass is 35.5. The van der Waals surface area contributed by atoms with E-state index in [1.807, 2.05) is 0 Å². The first-order valence-electron chi connectivity index (χ1n) is 9.04. The number of hydrogen-bond donors (Lipinski definition) is 0. The van der Waals surface area contributed by atoms with Crippen molar-refractivity contribution in [3.05, 3.63) is 63.8 Å². The molecular formula is C21H16Cl2F3N3O3. The van der Waals surface area contributed by atoms with Gasteiger partial charge in [-0.2, -0.15) is 18.2 Å². The predicted octanol–water partition coefficient (Wildman–Crippen LogP) is 6.63. The quantitative estimate of drug-likeness (QED) is 0.414. The number of halogens is 5. The van der Waals surface area contributed by atoms with Crippen molar-refractivity contribution in [2.75, 3.05) is 14.1 Å². The second-order valence-electron chi connectivity index (χ2n) is 6.78. The molecule has 1 amide bonds. The van der Waals surface area contributed by atoms with Gasteiger partial charge >= 0.3 is 12.3 Å². The van der Waals surface area contributed by atoms with Crippen LogP contribution in [0.3, 0.4) is 0 Å². The van der Waals surface area contributed by atoms with E-state index in [9.17, 15) is 18.0 Å². The Hall–Kier alpha value is -3.04. The molecule has 0 saturated heterocycles. The molecule has 0 aliphatic rings. The van der Waals surface area contributed by atoms with Crippen LogP contribution >= 0.6 is 23.2 Å². The van der Waals surface area contributed by atoms with Crippen molar-refractivity contribution in [1.29, 1.82) is 0 Å². The Kier molecular flexibility index (Phi) is 6.80. The van der Waals surface area contributed by atoms with Crippen molar-refractivity contribution in [1.82, 2.24) is 14.9 Å². The van der Waals surface area contributed by atoms with Gasteiger partial charge in [-0.3, -0.25) is 0 Å².